The molecule has 8 heteroatoms. The lowest BCUT2D eigenvalue weighted by molar-refractivity contribution is -0.254. The molecule has 4 nitrogen and oxygen atoms in total. The normalized spacial score (nSPS) is 26.6. The molecule has 0 spiro atoms. The number of rotatable bonds is 1. The quantitative estimate of drug-likeness (QED) is 0.868. The first-order valence-electron chi connectivity index (χ1n) is 6.43. The molecule has 0 fully saturated rings. The van der Waals surface area contributed by atoms with E-state index in [0.29, 0.717) is 5.01 Å². The molecule has 2 heterocycles. The lowest BCUT2D eigenvalue weighted by Gasteiger charge is -2.32. The molecule has 1 aliphatic carbocycles. The Kier molecular flexibility index (Phi) is 3.06. The summed E-state index contributed by atoms with van der Waals surface area (Å²) in [6.07, 6.45) is -1.66. The minimum Gasteiger partial charge on any atom is -0.362 e. The van der Waals surface area contributed by atoms with Gasteiger partial charge in [-0.2, -0.15) is 23.3 Å². The van der Waals surface area contributed by atoms with E-state index in [1.54, 1.807) is 0 Å². The van der Waals surface area contributed by atoms with Crippen LogP contribution >= 0.6 is 11.3 Å². The van der Waals surface area contributed by atoms with Gasteiger partial charge in [-0.3, -0.25) is 0 Å². The number of alkyl halides is 3. The zero-order valence-corrected chi connectivity index (χ0v) is 11.7. The van der Waals surface area contributed by atoms with Gasteiger partial charge in [0.2, 0.25) is 5.13 Å². The van der Waals surface area contributed by atoms with E-state index in [1.807, 2.05) is 0 Å². The number of hydrogen-bond acceptors (Lipinski definition) is 5. The van der Waals surface area contributed by atoms with E-state index in [-0.39, 0.29) is 10.8 Å². The third kappa shape index (κ3) is 2.01. The summed E-state index contributed by atoms with van der Waals surface area (Å²) in [5, 5.41) is 14.7. The SMILES string of the molecule is CC1=NN(c2nc3c(s2)CCCC3)C(O)(C(F)(F)F)C1. The fourth-order valence-electron chi connectivity index (χ4n) is 2.57. The van der Waals surface area contributed by atoms with E-state index < -0.39 is 18.3 Å². The summed E-state index contributed by atoms with van der Waals surface area (Å²) in [6, 6.07) is 0. The fraction of sp³-hybridized carbons (Fsp3) is 0.667. The Balaban J connectivity index is 2.01. The van der Waals surface area contributed by atoms with Gasteiger partial charge in [0, 0.05) is 17.0 Å². The molecule has 1 aromatic heterocycles. The maximum absolute atomic E-state index is 13.1. The van der Waals surface area contributed by atoms with Gasteiger partial charge in [-0.25, -0.2) is 4.98 Å². The number of aliphatic hydroxyl groups is 1. The van der Waals surface area contributed by atoms with Gasteiger partial charge in [0.15, 0.2) is 0 Å². The van der Waals surface area contributed by atoms with Crippen molar-refractivity contribution in [2.24, 2.45) is 5.10 Å². The van der Waals surface area contributed by atoms with Gasteiger partial charge in [0.05, 0.1) is 5.69 Å². The first-order valence-corrected chi connectivity index (χ1v) is 7.25. The first kappa shape index (κ1) is 13.8. The van der Waals surface area contributed by atoms with Crippen molar-refractivity contribution in [3.05, 3.63) is 10.6 Å². The summed E-state index contributed by atoms with van der Waals surface area (Å²) in [7, 11) is 0. The highest BCUT2D eigenvalue weighted by Crippen LogP contribution is 2.44. The molecule has 1 N–H and O–H groups in total. The maximum Gasteiger partial charge on any atom is 0.438 e. The van der Waals surface area contributed by atoms with E-state index in [2.05, 4.69) is 10.1 Å². The number of aryl methyl sites for hydroxylation is 2. The van der Waals surface area contributed by atoms with Crippen LogP contribution in [0.1, 0.15) is 36.8 Å². The van der Waals surface area contributed by atoms with E-state index in [4.69, 9.17) is 0 Å². The summed E-state index contributed by atoms with van der Waals surface area (Å²) < 4.78 is 39.4. The highest BCUT2D eigenvalue weighted by atomic mass is 32.1. The van der Waals surface area contributed by atoms with Gasteiger partial charge in [0.25, 0.3) is 5.72 Å². The monoisotopic (exact) mass is 305 g/mol. The summed E-state index contributed by atoms with van der Waals surface area (Å²) in [6.45, 7) is 1.48. The predicted octanol–water partition coefficient (Wildman–Crippen LogP) is 2.86. The van der Waals surface area contributed by atoms with Crippen LogP contribution in [-0.4, -0.2) is 27.7 Å². The van der Waals surface area contributed by atoms with Crippen LogP contribution in [-0.2, 0) is 12.8 Å². The second kappa shape index (κ2) is 4.42. The molecule has 0 aromatic carbocycles. The van der Waals surface area contributed by atoms with Crippen LogP contribution < -0.4 is 5.01 Å². The van der Waals surface area contributed by atoms with Gasteiger partial charge >= 0.3 is 6.18 Å². The standard InChI is InChI=1S/C12H14F3N3OS/c1-7-6-11(19,12(13,14)15)18(17-7)10-16-8-4-2-3-5-9(8)20-10/h19H,2-6H2,1H3. The molecule has 1 aromatic rings. The van der Waals surface area contributed by atoms with E-state index >= 15 is 0 Å². The van der Waals surface area contributed by atoms with Crippen molar-refractivity contribution in [2.75, 3.05) is 5.01 Å². The van der Waals surface area contributed by atoms with Crippen LogP contribution in [0.25, 0.3) is 0 Å². The van der Waals surface area contributed by atoms with Crippen molar-refractivity contribution < 1.29 is 18.3 Å². The molecular weight excluding hydrogens is 291 g/mol. The smallest absolute Gasteiger partial charge is 0.362 e. The Morgan fingerprint density at radius 3 is 2.65 bits per heavy atom. The lowest BCUT2D eigenvalue weighted by Crippen LogP contribution is -2.55. The maximum atomic E-state index is 13.1. The van der Waals surface area contributed by atoms with Crippen LogP contribution in [0.2, 0.25) is 0 Å². The Hall–Kier alpha value is -1.15. The van der Waals surface area contributed by atoms with E-state index in [0.717, 1.165) is 36.3 Å². The zero-order chi connectivity index (χ0) is 14.5. The van der Waals surface area contributed by atoms with Gasteiger partial charge in [-0.1, -0.05) is 11.3 Å². The molecule has 3 rings (SSSR count). The number of nitrogens with zero attached hydrogens (tertiary/aromatic N) is 3. The van der Waals surface area contributed by atoms with Crippen LogP contribution in [0.4, 0.5) is 18.3 Å². The second-order valence-electron chi connectivity index (χ2n) is 5.21. The van der Waals surface area contributed by atoms with Crippen molar-refractivity contribution in [1.29, 1.82) is 0 Å². The minimum atomic E-state index is -4.78. The Bertz CT molecular complexity index is 545. The van der Waals surface area contributed by atoms with Gasteiger partial charge in [0.1, 0.15) is 0 Å². The lowest BCUT2D eigenvalue weighted by atomic mass is 10.0. The molecule has 20 heavy (non-hydrogen) atoms. The van der Waals surface area contributed by atoms with Crippen LogP contribution in [0, 0.1) is 0 Å². The highest BCUT2D eigenvalue weighted by Gasteiger charge is 2.62. The number of halogens is 3. The van der Waals surface area contributed by atoms with Crippen LogP contribution in [0.15, 0.2) is 5.10 Å². The minimum absolute atomic E-state index is 0.133. The average molecular weight is 305 g/mol. The topological polar surface area (TPSA) is 48.7 Å². The van der Waals surface area contributed by atoms with Crippen molar-refractivity contribution in [1.82, 2.24) is 4.98 Å². The number of anilines is 1. The molecule has 1 unspecified atom stereocenters. The Morgan fingerprint density at radius 1 is 1.30 bits per heavy atom. The second-order valence-corrected chi connectivity index (χ2v) is 6.27. The number of fused-ring (bicyclic) bond motifs is 1. The summed E-state index contributed by atoms with van der Waals surface area (Å²) in [4.78, 5) is 5.26. The number of hydrazone groups is 1. The van der Waals surface area contributed by atoms with Crippen molar-refractivity contribution in [3.8, 4) is 0 Å². The Morgan fingerprint density at radius 2 is 2.00 bits per heavy atom. The van der Waals surface area contributed by atoms with Crippen molar-refractivity contribution >= 4 is 22.2 Å². The fourth-order valence-corrected chi connectivity index (χ4v) is 3.74. The van der Waals surface area contributed by atoms with Gasteiger partial charge in [-0.05, 0) is 32.6 Å². The van der Waals surface area contributed by atoms with Gasteiger partial charge in [-0.15, -0.1) is 0 Å². The molecule has 2 aliphatic rings. The third-order valence-corrected chi connectivity index (χ3v) is 4.73. The summed E-state index contributed by atoms with van der Waals surface area (Å²) >= 11 is 1.20. The molecule has 0 radical (unpaired) electrons. The van der Waals surface area contributed by atoms with E-state index in [9.17, 15) is 18.3 Å². The zero-order valence-electron chi connectivity index (χ0n) is 10.9. The summed E-state index contributed by atoms with van der Waals surface area (Å²) in [5.74, 6) is 0. The molecule has 0 amide bonds. The first-order chi connectivity index (χ1) is 9.31. The molecule has 1 atom stereocenters. The largest absolute Gasteiger partial charge is 0.438 e. The third-order valence-electron chi connectivity index (χ3n) is 3.59. The van der Waals surface area contributed by atoms with E-state index in [1.165, 1.54) is 18.3 Å². The van der Waals surface area contributed by atoms with Crippen molar-refractivity contribution in [2.45, 2.75) is 50.9 Å². The van der Waals surface area contributed by atoms with Crippen molar-refractivity contribution in [3.63, 3.8) is 0 Å². The average Bonchev–Trinajstić information content (AvgIpc) is 2.89. The molecule has 110 valence electrons. The van der Waals surface area contributed by atoms with Crippen LogP contribution in [0.5, 0.6) is 0 Å². The summed E-state index contributed by atoms with van der Waals surface area (Å²) in [5.41, 5.74) is -1.88. The molecule has 0 saturated carbocycles. The Labute approximate surface area is 117 Å². The number of hydrogen-bond donors (Lipinski definition) is 1. The molecular formula is C12H14F3N3OS. The predicted molar refractivity (Wildman–Crippen MR) is 70.0 cm³/mol. The van der Waals surface area contributed by atoms with Gasteiger partial charge < -0.3 is 5.11 Å². The number of thiazole rings is 1. The molecule has 1 aliphatic heterocycles. The van der Waals surface area contributed by atoms with Crippen LogP contribution in [0.3, 0.4) is 0 Å². The molecule has 0 bridgehead atoms. The highest BCUT2D eigenvalue weighted by molar-refractivity contribution is 7.15. The molecule has 0 saturated heterocycles. The number of aromatic nitrogens is 1.